The van der Waals surface area contributed by atoms with E-state index in [-0.39, 0.29) is 11.8 Å². The molecule has 4 nitrogen and oxygen atoms in total. The topological polar surface area (TPSA) is 44.1 Å². The van der Waals surface area contributed by atoms with E-state index in [2.05, 4.69) is 9.84 Å². The molecule has 0 saturated heterocycles. The number of aldehydes is 1. The summed E-state index contributed by atoms with van der Waals surface area (Å²) in [6, 6.07) is 6.16. The zero-order chi connectivity index (χ0) is 14.7. The molecule has 0 atom stereocenters. The number of aromatic nitrogens is 2. The largest absolute Gasteiger partial charge is 0.435 e. The van der Waals surface area contributed by atoms with Gasteiger partial charge in [0.1, 0.15) is 11.4 Å². The second kappa shape index (κ2) is 5.81. The van der Waals surface area contributed by atoms with E-state index in [1.54, 1.807) is 23.0 Å². The normalized spacial score (nSPS) is 11.1. The molecular formula is C14H14F2N2O2. The zero-order valence-corrected chi connectivity index (χ0v) is 11.1. The maximum absolute atomic E-state index is 12.1. The van der Waals surface area contributed by atoms with E-state index in [1.807, 2.05) is 13.8 Å². The first-order valence-corrected chi connectivity index (χ1v) is 6.11. The third kappa shape index (κ3) is 3.01. The highest BCUT2D eigenvalue weighted by molar-refractivity contribution is 5.85. The van der Waals surface area contributed by atoms with Gasteiger partial charge in [0.15, 0.2) is 6.29 Å². The summed E-state index contributed by atoms with van der Waals surface area (Å²) in [5.74, 6) is 0.0692. The summed E-state index contributed by atoms with van der Waals surface area (Å²) in [7, 11) is 0. The van der Waals surface area contributed by atoms with Crippen LogP contribution in [0.3, 0.4) is 0 Å². The standard InChI is InChI=1S/C14H14F2N2O2/c1-9(2)18-7-11(8-19)13(17-18)10-3-5-12(6-4-10)20-14(15)16/h3-9,14H,1-2H3. The van der Waals surface area contributed by atoms with E-state index in [0.29, 0.717) is 16.8 Å². The zero-order valence-electron chi connectivity index (χ0n) is 11.1. The lowest BCUT2D eigenvalue weighted by Crippen LogP contribution is -2.01. The van der Waals surface area contributed by atoms with Crippen molar-refractivity contribution >= 4 is 6.29 Å². The van der Waals surface area contributed by atoms with Crippen molar-refractivity contribution in [2.24, 2.45) is 0 Å². The molecular weight excluding hydrogens is 266 g/mol. The van der Waals surface area contributed by atoms with Gasteiger partial charge in [-0.25, -0.2) is 0 Å². The van der Waals surface area contributed by atoms with Crippen LogP contribution in [0.2, 0.25) is 0 Å². The van der Waals surface area contributed by atoms with Gasteiger partial charge in [-0.2, -0.15) is 13.9 Å². The Morgan fingerprint density at radius 3 is 2.40 bits per heavy atom. The monoisotopic (exact) mass is 280 g/mol. The number of carbonyl (C=O) groups excluding carboxylic acids is 1. The number of rotatable bonds is 5. The van der Waals surface area contributed by atoms with E-state index < -0.39 is 6.61 Å². The maximum atomic E-state index is 12.1. The molecule has 0 radical (unpaired) electrons. The van der Waals surface area contributed by atoms with Crippen LogP contribution in [0.15, 0.2) is 30.5 Å². The fourth-order valence-electron chi connectivity index (χ4n) is 1.78. The molecule has 2 rings (SSSR count). The van der Waals surface area contributed by atoms with Crippen LogP contribution in [-0.4, -0.2) is 22.7 Å². The van der Waals surface area contributed by atoms with Gasteiger partial charge in [-0.05, 0) is 38.1 Å². The van der Waals surface area contributed by atoms with Gasteiger partial charge in [0.25, 0.3) is 0 Å². The number of alkyl halides is 2. The van der Waals surface area contributed by atoms with E-state index in [1.165, 1.54) is 12.1 Å². The Balaban J connectivity index is 2.33. The van der Waals surface area contributed by atoms with E-state index in [9.17, 15) is 13.6 Å². The van der Waals surface area contributed by atoms with Gasteiger partial charge in [0.2, 0.25) is 0 Å². The van der Waals surface area contributed by atoms with Gasteiger partial charge >= 0.3 is 6.61 Å². The molecule has 0 unspecified atom stereocenters. The number of hydrogen-bond acceptors (Lipinski definition) is 3. The molecule has 1 aromatic heterocycles. The number of hydrogen-bond donors (Lipinski definition) is 0. The molecule has 0 amide bonds. The predicted molar refractivity (Wildman–Crippen MR) is 70.1 cm³/mol. The van der Waals surface area contributed by atoms with Crippen LogP contribution in [0.5, 0.6) is 5.75 Å². The lowest BCUT2D eigenvalue weighted by Gasteiger charge is -2.05. The molecule has 0 aliphatic heterocycles. The van der Waals surface area contributed by atoms with Crippen LogP contribution >= 0.6 is 0 Å². The average Bonchev–Trinajstić information content (AvgIpc) is 2.83. The Morgan fingerprint density at radius 2 is 1.90 bits per heavy atom. The Kier molecular flexibility index (Phi) is 4.12. The summed E-state index contributed by atoms with van der Waals surface area (Å²) in [5, 5.41) is 4.34. The fourth-order valence-corrected chi connectivity index (χ4v) is 1.78. The number of benzene rings is 1. The minimum atomic E-state index is -2.86. The summed E-state index contributed by atoms with van der Waals surface area (Å²) in [5.41, 5.74) is 1.66. The first-order chi connectivity index (χ1) is 9.51. The van der Waals surface area contributed by atoms with E-state index in [4.69, 9.17) is 0 Å². The molecule has 20 heavy (non-hydrogen) atoms. The van der Waals surface area contributed by atoms with Crippen LogP contribution in [0.1, 0.15) is 30.2 Å². The van der Waals surface area contributed by atoms with Gasteiger partial charge in [-0.1, -0.05) is 0 Å². The summed E-state index contributed by atoms with van der Waals surface area (Å²) < 4.78 is 30.1. The van der Waals surface area contributed by atoms with Crippen molar-refractivity contribution in [1.29, 1.82) is 0 Å². The Labute approximate surface area is 115 Å². The number of halogens is 2. The quantitative estimate of drug-likeness (QED) is 0.787. The van der Waals surface area contributed by atoms with Crippen molar-refractivity contribution in [2.75, 3.05) is 0 Å². The predicted octanol–water partition coefficient (Wildman–Crippen LogP) is 3.54. The number of nitrogens with zero attached hydrogens (tertiary/aromatic N) is 2. The minimum absolute atomic E-state index is 0.0692. The minimum Gasteiger partial charge on any atom is -0.435 e. The van der Waals surface area contributed by atoms with Crippen LogP contribution in [-0.2, 0) is 0 Å². The highest BCUT2D eigenvalue weighted by atomic mass is 19.3. The first-order valence-electron chi connectivity index (χ1n) is 6.11. The molecule has 0 fully saturated rings. The van der Waals surface area contributed by atoms with Gasteiger partial charge in [0, 0.05) is 17.8 Å². The summed E-state index contributed by atoms with van der Waals surface area (Å²) in [4.78, 5) is 11.1. The van der Waals surface area contributed by atoms with Crippen molar-refractivity contribution in [3.63, 3.8) is 0 Å². The Hall–Kier alpha value is -2.24. The van der Waals surface area contributed by atoms with Gasteiger partial charge < -0.3 is 4.74 Å². The molecule has 106 valence electrons. The second-order valence-corrected chi connectivity index (χ2v) is 4.53. The van der Waals surface area contributed by atoms with Crippen LogP contribution in [0.25, 0.3) is 11.3 Å². The molecule has 1 heterocycles. The van der Waals surface area contributed by atoms with Crippen LogP contribution in [0.4, 0.5) is 8.78 Å². The molecule has 0 aliphatic rings. The molecule has 1 aromatic carbocycles. The van der Waals surface area contributed by atoms with E-state index in [0.717, 1.165) is 6.29 Å². The van der Waals surface area contributed by atoms with E-state index >= 15 is 0 Å². The average molecular weight is 280 g/mol. The molecule has 0 bridgehead atoms. The first kappa shape index (κ1) is 14.2. The van der Waals surface area contributed by atoms with Crippen molar-refractivity contribution in [3.8, 4) is 17.0 Å². The smallest absolute Gasteiger partial charge is 0.387 e. The molecule has 0 saturated carbocycles. The molecule has 2 aromatic rings. The third-order valence-electron chi connectivity index (χ3n) is 2.77. The second-order valence-electron chi connectivity index (χ2n) is 4.53. The Bertz CT molecular complexity index is 592. The third-order valence-corrected chi connectivity index (χ3v) is 2.77. The molecule has 0 spiro atoms. The SMILES string of the molecule is CC(C)n1cc(C=O)c(-c2ccc(OC(F)F)cc2)n1. The van der Waals surface area contributed by atoms with Gasteiger partial charge in [-0.15, -0.1) is 0 Å². The van der Waals surface area contributed by atoms with Gasteiger partial charge in [0.05, 0.1) is 5.56 Å². The number of carbonyl (C=O) groups is 1. The number of ether oxygens (including phenoxy) is 1. The highest BCUT2D eigenvalue weighted by Gasteiger charge is 2.12. The molecule has 0 aliphatic carbocycles. The molecule has 6 heteroatoms. The Morgan fingerprint density at radius 1 is 1.25 bits per heavy atom. The van der Waals surface area contributed by atoms with Crippen LogP contribution < -0.4 is 4.74 Å². The lowest BCUT2D eigenvalue weighted by molar-refractivity contribution is -0.0498. The highest BCUT2D eigenvalue weighted by Crippen LogP contribution is 2.25. The van der Waals surface area contributed by atoms with Crippen LogP contribution in [0, 0.1) is 0 Å². The molecule has 0 N–H and O–H groups in total. The lowest BCUT2D eigenvalue weighted by atomic mass is 10.1. The van der Waals surface area contributed by atoms with Crippen molar-refractivity contribution in [2.45, 2.75) is 26.5 Å². The summed E-state index contributed by atoms with van der Waals surface area (Å²) in [6.45, 7) is 1.04. The summed E-state index contributed by atoms with van der Waals surface area (Å²) >= 11 is 0. The summed E-state index contributed by atoms with van der Waals surface area (Å²) in [6.07, 6.45) is 2.39. The van der Waals surface area contributed by atoms with Gasteiger partial charge in [-0.3, -0.25) is 9.48 Å². The van der Waals surface area contributed by atoms with Crippen molar-refractivity contribution in [3.05, 3.63) is 36.0 Å². The van der Waals surface area contributed by atoms with Crippen molar-refractivity contribution < 1.29 is 18.3 Å². The fraction of sp³-hybridized carbons (Fsp3) is 0.286. The van der Waals surface area contributed by atoms with Crippen molar-refractivity contribution in [1.82, 2.24) is 9.78 Å². The maximum Gasteiger partial charge on any atom is 0.387 e.